The smallest absolute Gasteiger partial charge is 0.243 e. The van der Waals surface area contributed by atoms with E-state index in [0.29, 0.717) is 5.92 Å². The molecule has 1 aromatic carbocycles. The van der Waals surface area contributed by atoms with E-state index in [1.807, 2.05) is 6.07 Å². The summed E-state index contributed by atoms with van der Waals surface area (Å²) in [5, 5.41) is 6.38. The van der Waals surface area contributed by atoms with E-state index in [0.717, 1.165) is 64.6 Å². The molecule has 1 saturated carbocycles. The molecule has 1 aliphatic carbocycles. The Hall–Kier alpha value is -1.88. The van der Waals surface area contributed by atoms with Crippen molar-refractivity contribution in [3.05, 3.63) is 35.9 Å². The molecule has 5 heteroatoms. The Morgan fingerprint density at radius 2 is 1.68 bits per heavy atom. The number of benzene rings is 1. The first kappa shape index (κ1) is 23.8. The highest BCUT2D eigenvalue weighted by Crippen LogP contribution is 2.28. The van der Waals surface area contributed by atoms with Gasteiger partial charge in [0, 0.05) is 31.6 Å². The highest BCUT2D eigenvalue weighted by molar-refractivity contribution is 5.88. The molecule has 172 valence electrons. The van der Waals surface area contributed by atoms with E-state index >= 15 is 0 Å². The highest BCUT2D eigenvalue weighted by atomic mass is 16.2. The van der Waals surface area contributed by atoms with Crippen LogP contribution < -0.4 is 10.6 Å². The second-order valence-electron chi connectivity index (χ2n) is 9.87. The Balaban J connectivity index is 1.48. The fraction of sp³-hybridized carbons (Fsp3) is 0.692. The molecular formula is C26H41N3O2. The van der Waals surface area contributed by atoms with E-state index in [2.05, 4.69) is 60.6 Å². The average molecular weight is 428 g/mol. The summed E-state index contributed by atoms with van der Waals surface area (Å²) >= 11 is 0. The largest absolute Gasteiger partial charge is 0.351 e. The molecule has 2 fully saturated rings. The molecule has 2 N–H and O–H groups in total. The lowest BCUT2D eigenvalue weighted by Crippen LogP contribution is -2.55. The maximum absolute atomic E-state index is 13.1. The number of piperidine rings is 1. The van der Waals surface area contributed by atoms with Crippen molar-refractivity contribution >= 4 is 11.8 Å². The summed E-state index contributed by atoms with van der Waals surface area (Å²) in [5.74, 6) is 0.977. The minimum atomic E-state index is -0.431. The number of hydrogen-bond acceptors (Lipinski definition) is 3. The second kappa shape index (κ2) is 11.7. The molecule has 0 unspecified atom stereocenters. The molecule has 2 atom stereocenters. The Labute approximate surface area is 188 Å². The number of carbonyl (C=O) groups excluding carboxylic acids is 2. The molecular weight excluding hydrogens is 386 g/mol. The van der Waals surface area contributed by atoms with Gasteiger partial charge in [0.2, 0.25) is 11.8 Å². The van der Waals surface area contributed by atoms with Crippen molar-refractivity contribution in [3.63, 3.8) is 0 Å². The quantitative estimate of drug-likeness (QED) is 0.656. The van der Waals surface area contributed by atoms with Crippen LogP contribution in [0.3, 0.4) is 0 Å². The van der Waals surface area contributed by atoms with Crippen LogP contribution in [0.25, 0.3) is 0 Å². The van der Waals surface area contributed by atoms with Gasteiger partial charge in [0.05, 0.1) is 0 Å². The van der Waals surface area contributed by atoms with Gasteiger partial charge in [-0.25, -0.2) is 0 Å². The van der Waals surface area contributed by atoms with E-state index < -0.39 is 6.04 Å². The summed E-state index contributed by atoms with van der Waals surface area (Å²) in [6.45, 7) is 9.35. The molecule has 5 nitrogen and oxygen atoms in total. The van der Waals surface area contributed by atoms with Gasteiger partial charge in [-0.1, -0.05) is 57.5 Å². The Morgan fingerprint density at radius 1 is 1.03 bits per heavy atom. The summed E-state index contributed by atoms with van der Waals surface area (Å²) in [6.07, 6.45) is 6.90. The number of nitrogens with one attached hydrogen (secondary N) is 2. The van der Waals surface area contributed by atoms with Crippen LogP contribution in [0.4, 0.5) is 0 Å². The van der Waals surface area contributed by atoms with Gasteiger partial charge in [-0.3, -0.25) is 14.5 Å². The zero-order valence-electron chi connectivity index (χ0n) is 19.6. The molecule has 0 radical (unpaired) electrons. The molecule has 1 aromatic rings. The van der Waals surface area contributed by atoms with Gasteiger partial charge >= 0.3 is 0 Å². The van der Waals surface area contributed by atoms with Crippen molar-refractivity contribution < 1.29 is 9.59 Å². The van der Waals surface area contributed by atoms with E-state index in [4.69, 9.17) is 0 Å². The van der Waals surface area contributed by atoms with Gasteiger partial charge in [0.25, 0.3) is 0 Å². The summed E-state index contributed by atoms with van der Waals surface area (Å²) in [5.41, 5.74) is 1.33. The number of hydrogen-bond donors (Lipinski definition) is 2. The third kappa shape index (κ3) is 7.06. The number of nitrogens with zero attached hydrogens (tertiary/aromatic N) is 1. The minimum Gasteiger partial charge on any atom is -0.351 e. The summed E-state index contributed by atoms with van der Waals surface area (Å²) < 4.78 is 0. The SMILES string of the molecule is CC[C@H](C)[C@@H](NC(=O)C1CCC(C)CC1)C(=O)NC1CCN(Cc2ccccc2)CC1. The van der Waals surface area contributed by atoms with Crippen molar-refractivity contribution in [2.24, 2.45) is 17.8 Å². The van der Waals surface area contributed by atoms with Crippen LogP contribution in [0.5, 0.6) is 0 Å². The van der Waals surface area contributed by atoms with Crippen molar-refractivity contribution in [1.29, 1.82) is 0 Å². The Bertz CT molecular complexity index is 692. The normalized spacial score (nSPS) is 24.9. The summed E-state index contributed by atoms with van der Waals surface area (Å²) in [7, 11) is 0. The maximum atomic E-state index is 13.1. The topological polar surface area (TPSA) is 61.4 Å². The first-order chi connectivity index (χ1) is 15.0. The first-order valence-corrected chi connectivity index (χ1v) is 12.3. The van der Waals surface area contributed by atoms with E-state index in [1.54, 1.807) is 0 Å². The monoisotopic (exact) mass is 427 g/mol. The van der Waals surface area contributed by atoms with Gasteiger partial charge in [-0.15, -0.1) is 0 Å². The molecule has 2 amide bonds. The van der Waals surface area contributed by atoms with E-state index in [9.17, 15) is 9.59 Å². The molecule has 2 aliphatic rings. The molecule has 0 bridgehead atoms. The third-order valence-electron chi connectivity index (χ3n) is 7.36. The molecule has 31 heavy (non-hydrogen) atoms. The van der Waals surface area contributed by atoms with Crippen molar-refractivity contribution in [2.75, 3.05) is 13.1 Å². The molecule has 0 aromatic heterocycles. The standard InChI is InChI=1S/C26H41N3O2/c1-4-20(3)24(28-25(30)22-12-10-19(2)11-13-22)26(31)27-23-14-16-29(17-15-23)18-21-8-6-5-7-9-21/h5-9,19-20,22-24H,4,10-18H2,1-3H3,(H,27,31)(H,28,30)/t19?,20-,22?,24+/m0/s1. The van der Waals surface area contributed by atoms with Gasteiger partial charge in [-0.2, -0.15) is 0 Å². The number of rotatable bonds is 8. The predicted molar refractivity (Wildman–Crippen MR) is 125 cm³/mol. The Morgan fingerprint density at radius 3 is 2.29 bits per heavy atom. The van der Waals surface area contributed by atoms with Crippen LogP contribution in [-0.4, -0.2) is 41.9 Å². The maximum Gasteiger partial charge on any atom is 0.243 e. The molecule has 0 spiro atoms. The zero-order chi connectivity index (χ0) is 22.2. The van der Waals surface area contributed by atoms with Crippen molar-refractivity contribution in [2.45, 2.75) is 84.3 Å². The van der Waals surface area contributed by atoms with Crippen LogP contribution in [0.15, 0.2) is 30.3 Å². The van der Waals surface area contributed by atoms with Gasteiger partial charge in [-0.05, 0) is 55.9 Å². The highest BCUT2D eigenvalue weighted by Gasteiger charge is 2.32. The lowest BCUT2D eigenvalue weighted by Gasteiger charge is -2.34. The average Bonchev–Trinajstić information content (AvgIpc) is 2.79. The number of carbonyl (C=O) groups is 2. The van der Waals surface area contributed by atoms with Crippen molar-refractivity contribution in [3.8, 4) is 0 Å². The molecule has 1 heterocycles. The van der Waals surface area contributed by atoms with E-state index in [-0.39, 0.29) is 29.7 Å². The Kier molecular flexibility index (Phi) is 8.94. The van der Waals surface area contributed by atoms with Gasteiger partial charge in [0.15, 0.2) is 0 Å². The van der Waals surface area contributed by atoms with E-state index in [1.165, 1.54) is 5.56 Å². The fourth-order valence-electron chi connectivity index (χ4n) is 4.86. The first-order valence-electron chi connectivity index (χ1n) is 12.3. The zero-order valence-corrected chi connectivity index (χ0v) is 19.6. The molecule has 3 rings (SSSR count). The van der Waals surface area contributed by atoms with Gasteiger partial charge in [0.1, 0.15) is 6.04 Å². The molecule has 1 saturated heterocycles. The van der Waals surface area contributed by atoms with Gasteiger partial charge < -0.3 is 10.6 Å². The predicted octanol–water partition coefficient (Wildman–Crippen LogP) is 4.12. The van der Waals surface area contributed by atoms with Crippen LogP contribution in [-0.2, 0) is 16.1 Å². The summed E-state index contributed by atoms with van der Waals surface area (Å²) in [6, 6.07) is 10.3. The van der Waals surface area contributed by atoms with Crippen LogP contribution >= 0.6 is 0 Å². The van der Waals surface area contributed by atoms with Crippen LogP contribution in [0, 0.1) is 17.8 Å². The fourth-order valence-corrected chi connectivity index (χ4v) is 4.86. The van der Waals surface area contributed by atoms with Crippen LogP contribution in [0.2, 0.25) is 0 Å². The minimum absolute atomic E-state index is 0.00612. The third-order valence-corrected chi connectivity index (χ3v) is 7.36. The van der Waals surface area contributed by atoms with Crippen LogP contribution in [0.1, 0.15) is 71.3 Å². The van der Waals surface area contributed by atoms with Crippen molar-refractivity contribution in [1.82, 2.24) is 15.5 Å². The number of amides is 2. The second-order valence-corrected chi connectivity index (χ2v) is 9.87. The summed E-state index contributed by atoms with van der Waals surface area (Å²) in [4.78, 5) is 28.4. The lowest BCUT2D eigenvalue weighted by molar-refractivity contribution is -0.133. The lowest BCUT2D eigenvalue weighted by atomic mass is 9.82. The molecule has 1 aliphatic heterocycles. The number of likely N-dealkylation sites (tertiary alicyclic amines) is 1.